The third-order valence-corrected chi connectivity index (χ3v) is 7.45. The first-order chi connectivity index (χ1) is 10.0. The zero-order valence-corrected chi connectivity index (χ0v) is 13.4. The Morgan fingerprint density at radius 3 is 2.67 bits per heavy atom. The average molecular weight is 308 g/mol. The summed E-state index contributed by atoms with van der Waals surface area (Å²) in [5.41, 5.74) is 0.531. The standard InChI is InChI=1S/C17H22ClNO2/c1-4-19(5-2)16(21)14-12-9-6-10-11(8(9)3)15(20)17(14,7-18)13(10)12/h9-14H,3-7H2,1-2H3/t9-,10+,11-,12+,13-,14?,17+/m0/s1. The van der Waals surface area contributed by atoms with Gasteiger partial charge in [-0.3, -0.25) is 9.59 Å². The van der Waals surface area contributed by atoms with Crippen molar-refractivity contribution >= 4 is 23.3 Å². The second-order valence-electron chi connectivity index (χ2n) is 7.19. The first-order valence-corrected chi connectivity index (χ1v) is 8.65. The summed E-state index contributed by atoms with van der Waals surface area (Å²) in [6.45, 7) is 9.60. The number of hydrogen-bond donors (Lipinski definition) is 0. The number of fused-ring (bicyclic) bond motifs is 2. The van der Waals surface area contributed by atoms with Crippen molar-refractivity contribution in [2.24, 2.45) is 40.9 Å². The summed E-state index contributed by atoms with van der Waals surface area (Å²) in [7, 11) is 0. The van der Waals surface area contributed by atoms with Crippen LogP contribution in [0.1, 0.15) is 20.3 Å². The van der Waals surface area contributed by atoms with Crippen molar-refractivity contribution in [1.82, 2.24) is 4.90 Å². The molecule has 0 spiro atoms. The molecule has 3 nitrogen and oxygen atoms in total. The molecule has 0 saturated heterocycles. The number of alkyl halides is 1. The molecule has 0 aromatic carbocycles. The van der Waals surface area contributed by atoms with Crippen LogP contribution in [0.25, 0.3) is 0 Å². The van der Waals surface area contributed by atoms with Crippen molar-refractivity contribution in [3.8, 4) is 0 Å². The maximum absolute atomic E-state index is 13.0. The van der Waals surface area contributed by atoms with E-state index in [4.69, 9.17) is 11.6 Å². The molecule has 4 saturated carbocycles. The van der Waals surface area contributed by atoms with Crippen molar-refractivity contribution in [1.29, 1.82) is 0 Å². The Morgan fingerprint density at radius 1 is 1.43 bits per heavy atom. The monoisotopic (exact) mass is 307 g/mol. The first-order valence-electron chi connectivity index (χ1n) is 8.12. The lowest BCUT2D eigenvalue weighted by molar-refractivity contribution is -0.169. The third-order valence-electron chi connectivity index (χ3n) is 7.01. The molecule has 0 N–H and O–H groups in total. The topological polar surface area (TPSA) is 37.4 Å². The normalized spacial score (nSPS) is 48.7. The van der Waals surface area contributed by atoms with Gasteiger partial charge in [0, 0.05) is 24.9 Å². The van der Waals surface area contributed by atoms with Crippen LogP contribution in [-0.4, -0.2) is 35.6 Å². The Balaban J connectivity index is 1.79. The van der Waals surface area contributed by atoms with Gasteiger partial charge in [-0.1, -0.05) is 12.2 Å². The Morgan fingerprint density at radius 2 is 2.10 bits per heavy atom. The fourth-order valence-corrected chi connectivity index (χ4v) is 6.78. The number of halogens is 1. The predicted octanol–water partition coefficient (Wildman–Crippen LogP) is 2.35. The highest BCUT2D eigenvalue weighted by Gasteiger charge is 2.83. The lowest BCUT2D eigenvalue weighted by atomic mass is 9.47. The van der Waals surface area contributed by atoms with Gasteiger partial charge in [0.2, 0.25) is 5.91 Å². The highest BCUT2D eigenvalue weighted by molar-refractivity contribution is 6.21. The van der Waals surface area contributed by atoms with Crippen LogP contribution in [0.15, 0.2) is 12.2 Å². The second kappa shape index (κ2) is 4.13. The summed E-state index contributed by atoms with van der Waals surface area (Å²) in [5.74, 6) is 2.01. The molecule has 4 rings (SSSR count). The Bertz CT molecular complexity index is 555. The number of allylic oxidation sites excluding steroid dienone is 1. The molecule has 0 aromatic rings. The highest BCUT2D eigenvalue weighted by atomic mass is 35.5. The molecule has 1 unspecified atom stereocenters. The number of hydrogen-bond acceptors (Lipinski definition) is 2. The Labute approximate surface area is 130 Å². The number of amides is 1. The van der Waals surface area contributed by atoms with Crippen LogP contribution in [0.2, 0.25) is 0 Å². The second-order valence-corrected chi connectivity index (χ2v) is 7.46. The minimum absolute atomic E-state index is 0.00417. The summed E-state index contributed by atoms with van der Waals surface area (Å²) in [6, 6.07) is 0. The van der Waals surface area contributed by atoms with Crippen molar-refractivity contribution < 1.29 is 9.59 Å². The van der Waals surface area contributed by atoms with E-state index in [-0.39, 0.29) is 23.5 Å². The molecule has 0 aliphatic heterocycles. The van der Waals surface area contributed by atoms with Gasteiger partial charge in [-0.2, -0.15) is 0 Å². The molecule has 1 amide bonds. The highest BCUT2D eigenvalue weighted by Crippen LogP contribution is 2.80. The van der Waals surface area contributed by atoms with Gasteiger partial charge in [0.1, 0.15) is 5.78 Å². The van der Waals surface area contributed by atoms with Gasteiger partial charge in [-0.15, -0.1) is 11.6 Å². The van der Waals surface area contributed by atoms with Gasteiger partial charge in [0.15, 0.2) is 0 Å². The van der Waals surface area contributed by atoms with Crippen LogP contribution in [0.3, 0.4) is 0 Å². The maximum atomic E-state index is 13.0. The largest absolute Gasteiger partial charge is 0.343 e. The summed E-state index contributed by atoms with van der Waals surface area (Å²) in [5, 5.41) is 0. The summed E-state index contributed by atoms with van der Waals surface area (Å²) < 4.78 is 0. The van der Waals surface area contributed by atoms with Crippen molar-refractivity contribution in [2.75, 3.05) is 19.0 Å². The van der Waals surface area contributed by atoms with Crippen molar-refractivity contribution in [3.63, 3.8) is 0 Å². The van der Waals surface area contributed by atoms with Gasteiger partial charge in [-0.05, 0) is 43.9 Å². The Kier molecular flexibility index (Phi) is 2.71. The third kappa shape index (κ3) is 1.22. The molecule has 114 valence electrons. The zero-order valence-electron chi connectivity index (χ0n) is 12.6. The van der Waals surface area contributed by atoms with Crippen LogP contribution in [0, 0.1) is 40.9 Å². The Hall–Kier alpha value is -0.830. The van der Waals surface area contributed by atoms with E-state index in [2.05, 4.69) is 6.58 Å². The van der Waals surface area contributed by atoms with Crippen LogP contribution in [-0.2, 0) is 9.59 Å². The number of carbonyl (C=O) groups is 2. The number of Topliss-reactive ketones (excluding diaryl/α,β-unsaturated/α-hetero) is 1. The van der Waals surface area contributed by atoms with Crippen LogP contribution >= 0.6 is 11.6 Å². The minimum atomic E-state index is -0.574. The van der Waals surface area contributed by atoms with Gasteiger partial charge in [0.05, 0.1) is 11.3 Å². The van der Waals surface area contributed by atoms with E-state index in [1.807, 2.05) is 18.7 Å². The van der Waals surface area contributed by atoms with Crippen molar-refractivity contribution in [3.05, 3.63) is 12.2 Å². The predicted molar refractivity (Wildman–Crippen MR) is 80.8 cm³/mol. The molecular formula is C17H22ClNO2. The summed E-state index contributed by atoms with van der Waals surface area (Å²) in [6.07, 6.45) is 1.06. The van der Waals surface area contributed by atoms with Gasteiger partial charge in [-0.25, -0.2) is 0 Å². The minimum Gasteiger partial charge on any atom is -0.343 e. The number of ketones is 1. The van der Waals surface area contributed by atoms with Crippen LogP contribution in [0.4, 0.5) is 0 Å². The van der Waals surface area contributed by atoms with E-state index in [0.717, 1.165) is 12.0 Å². The fraction of sp³-hybridized carbons (Fsp3) is 0.765. The molecular weight excluding hydrogens is 286 g/mol. The molecule has 0 heterocycles. The maximum Gasteiger partial charge on any atom is 0.227 e. The van der Waals surface area contributed by atoms with Crippen LogP contribution < -0.4 is 0 Å². The van der Waals surface area contributed by atoms with E-state index >= 15 is 0 Å². The van der Waals surface area contributed by atoms with E-state index in [1.54, 1.807) is 0 Å². The van der Waals surface area contributed by atoms with E-state index in [1.165, 1.54) is 0 Å². The lowest BCUT2D eigenvalue weighted by Gasteiger charge is -2.56. The number of carbonyl (C=O) groups excluding carboxylic acids is 2. The number of rotatable bonds is 4. The fourth-order valence-electron chi connectivity index (χ4n) is 6.30. The molecule has 2 bridgehead atoms. The number of nitrogens with zero attached hydrogens (tertiary/aromatic N) is 1. The molecule has 4 aliphatic rings. The average Bonchev–Trinajstić information content (AvgIpc) is 2.95. The van der Waals surface area contributed by atoms with Crippen LogP contribution in [0.5, 0.6) is 0 Å². The van der Waals surface area contributed by atoms with Gasteiger partial charge in [0.25, 0.3) is 0 Å². The SMILES string of the molecule is C=C1[C@@H]2C(=O)[C@@]3(CCl)C(C(=O)N(CC)CC)[C@H]4[C@@H]3[C@@H]2C[C@@H]14. The first kappa shape index (κ1) is 13.8. The molecule has 4 heteroatoms. The van der Waals surface area contributed by atoms with E-state index < -0.39 is 5.41 Å². The zero-order chi connectivity index (χ0) is 15.1. The smallest absolute Gasteiger partial charge is 0.227 e. The quantitative estimate of drug-likeness (QED) is 0.590. The van der Waals surface area contributed by atoms with E-state index in [0.29, 0.717) is 42.6 Å². The molecule has 4 fully saturated rings. The summed E-state index contributed by atoms with van der Waals surface area (Å²) >= 11 is 6.29. The van der Waals surface area contributed by atoms with Gasteiger partial charge < -0.3 is 4.90 Å². The molecule has 0 radical (unpaired) electrons. The summed E-state index contributed by atoms with van der Waals surface area (Å²) in [4.78, 5) is 27.9. The lowest BCUT2D eigenvalue weighted by Crippen LogP contribution is -2.64. The van der Waals surface area contributed by atoms with E-state index in [9.17, 15) is 9.59 Å². The molecule has 4 aliphatic carbocycles. The molecule has 7 atom stereocenters. The molecule has 21 heavy (non-hydrogen) atoms. The van der Waals surface area contributed by atoms with Crippen molar-refractivity contribution in [2.45, 2.75) is 20.3 Å². The molecule has 0 aromatic heterocycles. The van der Waals surface area contributed by atoms with Gasteiger partial charge >= 0.3 is 0 Å².